The quantitative estimate of drug-likeness (QED) is 0.795. The minimum atomic E-state index is -3.74. The van der Waals surface area contributed by atoms with Gasteiger partial charge in [-0.05, 0) is 68.3 Å². The molecule has 2 rings (SSSR count). The highest BCUT2D eigenvalue weighted by Gasteiger charge is 2.16. The molecular formula is C18H21ClN2O3S. The first-order valence-electron chi connectivity index (χ1n) is 7.93. The van der Waals surface area contributed by atoms with Crippen LogP contribution < -0.4 is 10.0 Å². The topological polar surface area (TPSA) is 75.3 Å². The predicted octanol–water partition coefficient (Wildman–Crippen LogP) is 3.98. The van der Waals surface area contributed by atoms with Crippen molar-refractivity contribution >= 4 is 33.2 Å². The first-order valence-corrected chi connectivity index (χ1v) is 9.79. The summed E-state index contributed by atoms with van der Waals surface area (Å²) in [6.45, 7) is 5.66. The van der Waals surface area contributed by atoms with Crippen molar-refractivity contribution in [2.24, 2.45) is 0 Å². The molecule has 0 saturated carbocycles. The van der Waals surface area contributed by atoms with Crippen LogP contribution in [0.2, 0.25) is 5.02 Å². The van der Waals surface area contributed by atoms with E-state index in [0.717, 1.165) is 12.0 Å². The minimum Gasteiger partial charge on any atom is -0.350 e. The summed E-state index contributed by atoms with van der Waals surface area (Å²) >= 11 is 5.88. The van der Waals surface area contributed by atoms with E-state index in [1.165, 1.54) is 24.3 Å². The van der Waals surface area contributed by atoms with E-state index in [2.05, 4.69) is 10.0 Å². The molecule has 7 heteroatoms. The zero-order valence-corrected chi connectivity index (χ0v) is 15.9. The van der Waals surface area contributed by atoms with Crippen LogP contribution in [0.25, 0.3) is 0 Å². The lowest BCUT2D eigenvalue weighted by Crippen LogP contribution is -2.31. The molecule has 0 bridgehead atoms. The number of hydrogen-bond acceptors (Lipinski definition) is 3. The number of hydrogen-bond donors (Lipinski definition) is 2. The van der Waals surface area contributed by atoms with E-state index >= 15 is 0 Å². The van der Waals surface area contributed by atoms with Crippen molar-refractivity contribution in [1.29, 1.82) is 0 Å². The van der Waals surface area contributed by atoms with E-state index in [0.29, 0.717) is 16.3 Å². The number of anilines is 1. The third kappa shape index (κ3) is 4.96. The molecule has 2 aromatic rings. The standard InChI is InChI=1S/C18H21ClN2O3S/c1-4-13(3)20-18(22)14-5-8-16(9-6-14)25(23,24)21-17-10-7-15(19)11-12(17)2/h5-11,13,21H,4H2,1-3H3,(H,20,22). The Morgan fingerprint density at radius 2 is 1.80 bits per heavy atom. The highest BCUT2D eigenvalue weighted by Crippen LogP contribution is 2.23. The largest absolute Gasteiger partial charge is 0.350 e. The van der Waals surface area contributed by atoms with Crippen molar-refractivity contribution in [3.05, 3.63) is 58.6 Å². The number of amides is 1. The lowest BCUT2D eigenvalue weighted by atomic mass is 10.2. The van der Waals surface area contributed by atoms with Crippen molar-refractivity contribution < 1.29 is 13.2 Å². The smallest absolute Gasteiger partial charge is 0.261 e. The number of aryl methyl sites for hydroxylation is 1. The molecule has 1 unspecified atom stereocenters. The molecule has 1 atom stereocenters. The minimum absolute atomic E-state index is 0.0606. The molecule has 2 aromatic carbocycles. The molecule has 0 aliphatic heterocycles. The Kier molecular flexibility index (Phi) is 6.08. The zero-order chi connectivity index (χ0) is 18.6. The molecular weight excluding hydrogens is 360 g/mol. The average molecular weight is 381 g/mol. The lowest BCUT2D eigenvalue weighted by molar-refractivity contribution is 0.0939. The second-order valence-electron chi connectivity index (χ2n) is 5.87. The van der Waals surface area contributed by atoms with Gasteiger partial charge in [-0.1, -0.05) is 18.5 Å². The van der Waals surface area contributed by atoms with Crippen LogP contribution in [0.1, 0.15) is 36.2 Å². The second-order valence-corrected chi connectivity index (χ2v) is 7.99. The Morgan fingerprint density at radius 1 is 1.16 bits per heavy atom. The van der Waals surface area contributed by atoms with Crippen LogP contribution in [0.5, 0.6) is 0 Å². The molecule has 0 aliphatic rings. The Bertz CT molecular complexity index is 864. The van der Waals surface area contributed by atoms with Crippen molar-refractivity contribution in [3.63, 3.8) is 0 Å². The second kappa shape index (κ2) is 7.89. The maximum absolute atomic E-state index is 12.5. The summed E-state index contributed by atoms with van der Waals surface area (Å²) < 4.78 is 27.5. The number of carbonyl (C=O) groups excluding carboxylic acids is 1. The molecule has 0 aliphatic carbocycles. The third-order valence-electron chi connectivity index (χ3n) is 3.85. The summed E-state index contributed by atoms with van der Waals surface area (Å²) in [5, 5.41) is 3.38. The van der Waals surface area contributed by atoms with Crippen LogP contribution in [-0.4, -0.2) is 20.4 Å². The summed E-state index contributed by atoms with van der Waals surface area (Å²) in [6.07, 6.45) is 0.822. The van der Waals surface area contributed by atoms with Gasteiger partial charge in [-0.3, -0.25) is 9.52 Å². The van der Waals surface area contributed by atoms with Crippen LogP contribution in [0.3, 0.4) is 0 Å². The van der Waals surface area contributed by atoms with Gasteiger partial charge in [0.2, 0.25) is 0 Å². The highest BCUT2D eigenvalue weighted by atomic mass is 35.5. The molecule has 134 valence electrons. The average Bonchev–Trinajstić information content (AvgIpc) is 2.57. The van der Waals surface area contributed by atoms with E-state index in [-0.39, 0.29) is 16.8 Å². The lowest BCUT2D eigenvalue weighted by Gasteiger charge is -2.13. The number of sulfonamides is 1. The summed E-state index contributed by atoms with van der Waals surface area (Å²) in [7, 11) is -3.74. The predicted molar refractivity (Wildman–Crippen MR) is 101 cm³/mol. The van der Waals surface area contributed by atoms with Gasteiger partial charge >= 0.3 is 0 Å². The van der Waals surface area contributed by atoms with E-state index < -0.39 is 10.0 Å². The summed E-state index contributed by atoms with van der Waals surface area (Å²) in [5.74, 6) is -0.222. The molecule has 0 fully saturated rings. The van der Waals surface area contributed by atoms with Gasteiger partial charge in [0.15, 0.2) is 0 Å². The monoisotopic (exact) mass is 380 g/mol. The zero-order valence-electron chi connectivity index (χ0n) is 14.3. The van der Waals surface area contributed by atoms with Gasteiger partial charge in [-0.25, -0.2) is 8.42 Å². The first-order chi connectivity index (χ1) is 11.7. The first kappa shape index (κ1) is 19.3. The van der Waals surface area contributed by atoms with Crippen LogP contribution in [0.15, 0.2) is 47.4 Å². The molecule has 5 nitrogen and oxygen atoms in total. The molecule has 0 spiro atoms. The maximum atomic E-state index is 12.5. The van der Waals surface area contributed by atoms with E-state index in [4.69, 9.17) is 11.6 Å². The van der Waals surface area contributed by atoms with Gasteiger partial charge in [0.25, 0.3) is 15.9 Å². The van der Waals surface area contributed by atoms with Gasteiger partial charge in [0, 0.05) is 16.6 Å². The van der Waals surface area contributed by atoms with Crippen LogP contribution in [0, 0.1) is 6.92 Å². The summed E-state index contributed by atoms with van der Waals surface area (Å²) in [6, 6.07) is 10.8. The fraction of sp³-hybridized carbons (Fsp3) is 0.278. The SMILES string of the molecule is CCC(C)NC(=O)c1ccc(S(=O)(=O)Nc2ccc(Cl)cc2C)cc1. The van der Waals surface area contributed by atoms with Crippen molar-refractivity contribution in [2.75, 3.05) is 4.72 Å². The number of rotatable bonds is 6. The summed E-state index contributed by atoms with van der Waals surface area (Å²) in [5.41, 5.74) is 1.60. The van der Waals surface area contributed by atoms with Gasteiger partial charge in [0.05, 0.1) is 10.6 Å². The fourth-order valence-electron chi connectivity index (χ4n) is 2.14. The van der Waals surface area contributed by atoms with Crippen molar-refractivity contribution in [2.45, 2.75) is 38.1 Å². The molecule has 1 amide bonds. The molecule has 0 aromatic heterocycles. The fourth-order valence-corrected chi connectivity index (χ4v) is 3.50. The molecule has 25 heavy (non-hydrogen) atoms. The van der Waals surface area contributed by atoms with E-state index in [9.17, 15) is 13.2 Å². The third-order valence-corrected chi connectivity index (χ3v) is 5.47. The Labute approximate surface area is 153 Å². The number of carbonyl (C=O) groups is 1. The summed E-state index contributed by atoms with van der Waals surface area (Å²) in [4.78, 5) is 12.1. The maximum Gasteiger partial charge on any atom is 0.261 e. The van der Waals surface area contributed by atoms with Gasteiger partial charge in [-0.2, -0.15) is 0 Å². The van der Waals surface area contributed by atoms with Crippen LogP contribution in [-0.2, 0) is 10.0 Å². The van der Waals surface area contributed by atoms with Crippen LogP contribution in [0.4, 0.5) is 5.69 Å². The molecule has 0 heterocycles. The number of halogens is 1. The van der Waals surface area contributed by atoms with Gasteiger partial charge in [0.1, 0.15) is 0 Å². The normalized spacial score (nSPS) is 12.5. The number of nitrogens with one attached hydrogen (secondary N) is 2. The van der Waals surface area contributed by atoms with E-state index in [1.54, 1.807) is 25.1 Å². The molecule has 0 saturated heterocycles. The van der Waals surface area contributed by atoms with Crippen LogP contribution >= 0.6 is 11.6 Å². The molecule has 0 radical (unpaired) electrons. The molecule has 2 N–H and O–H groups in total. The highest BCUT2D eigenvalue weighted by molar-refractivity contribution is 7.92. The Morgan fingerprint density at radius 3 is 2.36 bits per heavy atom. The Hall–Kier alpha value is -2.05. The number of benzene rings is 2. The van der Waals surface area contributed by atoms with Crippen molar-refractivity contribution in [1.82, 2.24) is 5.32 Å². The Balaban J connectivity index is 2.18. The van der Waals surface area contributed by atoms with Gasteiger partial charge in [-0.15, -0.1) is 0 Å². The van der Waals surface area contributed by atoms with Gasteiger partial charge < -0.3 is 5.32 Å². The van der Waals surface area contributed by atoms with Crippen molar-refractivity contribution in [3.8, 4) is 0 Å². The van der Waals surface area contributed by atoms with E-state index in [1.807, 2.05) is 13.8 Å².